The Kier molecular flexibility index (Phi) is 6.12. The van der Waals surface area contributed by atoms with Gasteiger partial charge in [0.15, 0.2) is 10.0 Å². The van der Waals surface area contributed by atoms with Crippen LogP contribution in [0.5, 0.6) is 0 Å². The fourth-order valence-electron chi connectivity index (χ4n) is 3.84. The Morgan fingerprint density at radius 1 is 1.42 bits per heavy atom. The molecule has 4 rings (SSSR count). The molecule has 3 heterocycles. The van der Waals surface area contributed by atoms with Gasteiger partial charge in [-0.2, -0.15) is 0 Å². The minimum Gasteiger partial charge on any atom is -0.476 e. The molecule has 31 heavy (non-hydrogen) atoms. The highest BCUT2D eigenvalue weighted by Crippen LogP contribution is 2.31. The maximum Gasteiger partial charge on any atom is 0.355 e. The zero-order chi connectivity index (χ0) is 22.1. The van der Waals surface area contributed by atoms with Gasteiger partial charge in [-0.1, -0.05) is 23.9 Å². The van der Waals surface area contributed by atoms with E-state index in [2.05, 4.69) is 4.98 Å². The summed E-state index contributed by atoms with van der Waals surface area (Å²) in [5.74, 6) is -0.410. The first kappa shape index (κ1) is 21.5. The molecule has 8 nitrogen and oxygen atoms in total. The Hall–Kier alpha value is -2.69. The predicted octanol–water partition coefficient (Wildman–Crippen LogP) is 3.04. The van der Waals surface area contributed by atoms with Crippen LogP contribution in [0.15, 0.2) is 43.2 Å². The summed E-state index contributed by atoms with van der Waals surface area (Å²) in [4.78, 5) is 41.0. The third-order valence-electron chi connectivity index (χ3n) is 5.41. The Balaban J connectivity index is 1.47. The number of aromatic carboxylic acids is 1. The second kappa shape index (κ2) is 8.81. The van der Waals surface area contributed by atoms with E-state index in [1.54, 1.807) is 11.0 Å². The number of carboxylic acids is 1. The van der Waals surface area contributed by atoms with Crippen LogP contribution in [0.4, 0.5) is 0 Å². The van der Waals surface area contributed by atoms with Gasteiger partial charge in [-0.25, -0.2) is 14.6 Å². The van der Waals surface area contributed by atoms with E-state index in [-0.39, 0.29) is 17.6 Å². The molecule has 1 unspecified atom stereocenters. The second-order valence-electron chi connectivity index (χ2n) is 7.38. The number of fused-ring (bicyclic) bond motifs is 1. The largest absolute Gasteiger partial charge is 0.476 e. The van der Waals surface area contributed by atoms with Gasteiger partial charge < -0.3 is 20.2 Å². The van der Waals surface area contributed by atoms with Gasteiger partial charge in [-0.3, -0.25) is 4.79 Å². The van der Waals surface area contributed by atoms with E-state index in [4.69, 9.17) is 15.3 Å². The Labute approximate surface area is 186 Å². The number of hydrogen-bond donors (Lipinski definition) is 2. The number of carbonyl (C=O) groups excluding carboxylic acids is 1. The summed E-state index contributed by atoms with van der Waals surface area (Å²) >= 11 is 2.70. The average Bonchev–Trinajstić information content (AvgIpc) is 3.34. The first-order valence-electron chi connectivity index (χ1n) is 9.74. The summed E-state index contributed by atoms with van der Waals surface area (Å²) in [6.07, 6.45) is 1.09. The van der Waals surface area contributed by atoms with Crippen LogP contribution in [0, 0.1) is 6.92 Å². The number of carbonyl (C=O) groups is 2. The number of thiazole rings is 1. The topological polar surface area (TPSA) is 127 Å². The van der Waals surface area contributed by atoms with Gasteiger partial charge in [0, 0.05) is 35.6 Å². The number of aromatic nitrogens is 1. The number of likely N-dealkylation sites (tertiary alicyclic amines) is 1. The number of nitrogens with two attached hydrogens (primary N) is 1. The van der Waals surface area contributed by atoms with Gasteiger partial charge >= 0.3 is 11.6 Å². The van der Waals surface area contributed by atoms with E-state index in [1.807, 2.05) is 19.1 Å². The molecule has 0 radical (unpaired) electrons. The molecule has 1 aliphatic heterocycles. The van der Waals surface area contributed by atoms with Crippen molar-refractivity contribution >= 4 is 45.9 Å². The zero-order valence-electron chi connectivity index (χ0n) is 16.7. The zero-order valence-corrected chi connectivity index (χ0v) is 18.4. The van der Waals surface area contributed by atoms with Crippen LogP contribution in [-0.4, -0.2) is 45.2 Å². The lowest BCUT2D eigenvalue weighted by Gasteiger charge is -2.29. The number of nitrogens with zero attached hydrogens (tertiary/aromatic N) is 2. The lowest BCUT2D eigenvalue weighted by atomic mass is 9.96. The molecule has 2 aromatic heterocycles. The summed E-state index contributed by atoms with van der Waals surface area (Å²) in [6, 6.07) is 6.48. The molecule has 3 aromatic rings. The van der Waals surface area contributed by atoms with Gasteiger partial charge in [-0.05, 0) is 30.5 Å². The fraction of sp³-hybridized carbons (Fsp3) is 0.333. The van der Waals surface area contributed by atoms with Crippen LogP contribution in [0.25, 0.3) is 11.0 Å². The lowest BCUT2D eigenvalue weighted by Crippen LogP contribution is -2.41. The summed E-state index contributed by atoms with van der Waals surface area (Å²) in [7, 11) is 0. The minimum absolute atomic E-state index is 0.0304. The van der Waals surface area contributed by atoms with Crippen molar-refractivity contribution in [3.05, 3.63) is 56.9 Å². The van der Waals surface area contributed by atoms with Gasteiger partial charge in [0.05, 0.1) is 12.1 Å². The highest BCUT2D eigenvalue weighted by molar-refractivity contribution is 8.01. The fourth-order valence-corrected chi connectivity index (χ4v) is 5.65. The van der Waals surface area contributed by atoms with Crippen molar-refractivity contribution in [2.75, 3.05) is 12.3 Å². The van der Waals surface area contributed by atoms with Crippen LogP contribution in [-0.2, 0) is 4.79 Å². The first-order chi connectivity index (χ1) is 14.8. The quantitative estimate of drug-likeness (QED) is 0.408. The smallest absolute Gasteiger partial charge is 0.355 e. The van der Waals surface area contributed by atoms with E-state index in [0.717, 1.165) is 16.5 Å². The molecular formula is C21H21N3O5S2. The number of carboxylic acid groups (broad SMARTS) is 1. The molecule has 1 amide bonds. The van der Waals surface area contributed by atoms with E-state index in [0.29, 0.717) is 35.1 Å². The van der Waals surface area contributed by atoms with Crippen molar-refractivity contribution in [2.45, 2.75) is 36.2 Å². The van der Waals surface area contributed by atoms with Crippen LogP contribution >= 0.6 is 23.1 Å². The summed E-state index contributed by atoms with van der Waals surface area (Å²) in [6.45, 7) is 2.35. The Morgan fingerprint density at radius 3 is 2.97 bits per heavy atom. The highest BCUT2D eigenvalue weighted by Gasteiger charge is 2.35. The third-order valence-corrected chi connectivity index (χ3v) is 7.41. The van der Waals surface area contributed by atoms with Crippen molar-refractivity contribution in [2.24, 2.45) is 5.73 Å². The Morgan fingerprint density at radius 2 is 2.23 bits per heavy atom. The number of hydrogen-bond acceptors (Lipinski definition) is 8. The number of benzene rings is 1. The Bertz CT molecular complexity index is 1210. The summed E-state index contributed by atoms with van der Waals surface area (Å²) in [5, 5.41) is 11.3. The van der Waals surface area contributed by atoms with Crippen LogP contribution in [0.3, 0.4) is 0 Å². The van der Waals surface area contributed by atoms with E-state index < -0.39 is 17.6 Å². The molecule has 0 spiro atoms. The highest BCUT2D eigenvalue weighted by atomic mass is 32.2. The SMILES string of the molecule is Cc1cc(=O)oc2cc(C(N)[C@H]3CCC(=O)N3CCSc3nc(C(=O)O)cs3)ccc12. The van der Waals surface area contributed by atoms with Gasteiger partial charge in [0.1, 0.15) is 5.58 Å². The molecule has 0 aliphatic carbocycles. The molecule has 2 atom stereocenters. The average molecular weight is 460 g/mol. The molecule has 0 bridgehead atoms. The van der Waals surface area contributed by atoms with Crippen molar-refractivity contribution in [3.63, 3.8) is 0 Å². The number of aryl methyl sites for hydroxylation is 1. The maximum atomic E-state index is 12.5. The minimum atomic E-state index is -1.05. The molecule has 0 saturated carbocycles. The van der Waals surface area contributed by atoms with Crippen molar-refractivity contribution in [1.82, 2.24) is 9.88 Å². The molecule has 1 aromatic carbocycles. The molecule has 1 fully saturated rings. The molecule has 3 N–H and O–H groups in total. The van der Waals surface area contributed by atoms with Crippen molar-refractivity contribution in [3.8, 4) is 0 Å². The van der Waals surface area contributed by atoms with Crippen molar-refractivity contribution < 1.29 is 19.1 Å². The van der Waals surface area contributed by atoms with Gasteiger partial charge in [-0.15, -0.1) is 11.3 Å². The number of thioether (sulfide) groups is 1. The molecule has 1 aliphatic rings. The predicted molar refractivity (Wildman–Crippen MR) is 119 cm³/mol. The van der Waals surface area contributed by atoms with Crippen LogP contribution < -0.4 is 11.4 Å². The van der Waals surface area contributed by atoms with Gasteiger partial charge in [0.2, 0.25) is 5.91 Å². The second-order valence-corrected chi connectivity index (χ2v) is 9.58. The number of rotatable bonds is 7. The normalized spacial score (nSPS) is 17.4. The van der Waals surface area contributed by atoms with Crippen LogP contribution in [0.2, 0.25) is 0 Å². The molecule has 1 saturated heterocycles. The third kappa shape index (κ3) is 4.51. The van der Waals surface area contributed by atoms with E-state index in [1.165, 1.54) is 34.5 Å². The van der Waals surface area contributed by atoms with Crippen LogP contribution in [0.1, 0.15) is 40.5 Å². The monoisotopic (exact) mass is 459 g/mol. The van der Waals surface area contributed by atoms with E-state index in [9.17, 15) is 14.4 Å². The van der Waals surface area contributed by atoms with Crippen molar-refractivity contribution in [1.29, 1.82) is 0 Å². The maximum absolute atomic E-state index is 12.5. The standard InChI is InChI=1S/C21H21N3O5S2/c1-11-8-18(26)29-16-9-12(2-3-13(11)16)19(22)15-4-5-17(25)24(15)6-7-30-21-23-14(10-31-21)20(27)28/h2-3,8-10,15,19H,4-7,22H2,1H3,(H,27,28)/t15-,19?/m1/s1. The summed E-state index contributed by atoms with van der Waals surface area (Å²) < 4.78 is 5.99. The molecule has 10 heteroatoms. The summed E-state index contributed by atoms with van der Waals surface area (Å²) in [5.41, 5.74) is 8.31. The first-order valence-corrected chi connectivity index (χ1v) is 11.6. The van der Waals surface area contributed by atoms with E-state index >= 15 is 0 Å². The van der Waals surface area contributed by atoms with Gasteiger partial charge in [0.25, 0.3) is 0 Å². The molecule has 162 valence electrons. The lowest BCUT2D eigenvalue weighted by molar-refractivity contribution is -0.128. The molecular weight excluding hydrogens is 438 g/mol. The number of amides is 1.